The Kier molecular flexibility index (Phi) is 3.66. The summed E-state index contributed by atoms with van der Waals surface area (Å²) in [6.07, 6.45) is 7.16. The quantitative estimate of drug-likeness (QED) is 0.674. The van der Waals surface area contributed by atoms with E-state index in [0.717, 1.165) is 6.04 Å². The molecule has 0 atom stereocenters. The molecule has 0 aliphatic carbocycles. The third kappa shape index (κ3) is 3.15. The van der Waals surface area contributed by atoms with E-state index in [0.29, 0.717) is 0 Å². The van der Waals surface area contributed by atoms with Gasteiger partial charge in [-0.05, 0) is 32.6 Å². The molecule has 80 valence electrons. The van der Waals surface area contributed by atoms with Gasteiger partial charge in [0.2, 0.25) is 0 Å². The molecule has 13 heavy (non-hydrogen) atoms. The Morgan fingerprint density at radius 3 is 1.69 bits per heavy atom. The van der Waals surface area contributed by atoms with E-state index < -0.39 is 10.2 Å². The van der Waals surface area contributed by atoms with Gasteiger partial charge in [0.05, 0.1) is 0 Å². The molecule has 1 aliphatic rings. The number of hydrogen-bond donors (Lipinski definition) is 0. The first kappa shape index (κ1) is 11.3. The molecule has 0 aromatic carbocycles. The SMILES string of the molecule is CC(C)N1CCN(S(C)(C)C)CC1. The predicted octanol–water partition coefficient (Wildman–Crippen LogP) is 1.62. The zero-order chi connectivity index (χ0) is 10.1. The second kappa shape index (κ2) is 4.20. The van der Waals surface area contributed by atoms with Gasteiger partial charge in [0.15, 0.2) is 0 Å². The van der Waals surface area contributed by atoms with Crippen LogP contribution in [0.5, 0.6) is 0 Å². The number of piperazine rings is 1. The number of nitrogens with zero attached hydrogens (tertiary/aromatic N) is 2. The smallest absolute Gasteiger partial charge is 0.0202 e. The zero-order valence-electron chi connectivity index (χ0n) is 9.71. The maximum Gasteiger partial charge on any atom is 0.0202 e. The van der Waals surface area contributed by atoms with Crippen LogP contribution >= 0.6 is 10.2 Å². The molecule has 3 heteroatoms. The van der Waals surface area contributed by atoms with Crippen molar-refractivity contribution in [3.63, 3.8) is 0 Å². The highest BCUT2D eigenvalue weighted by molar-refractivity contribution is 8.30. The maximum atomic E-state index is 2.66. The molecule has 0 bridgehead atoms. The Morgan fingerprint density at radius 1 is 0.923 bits per heavy atom. The molecule has 1 fully saturated rings. The molecule has 0 spiro atoms. The maximum absolute atomic E-state index is 2.66. The molecule has 0 N–H and O–H groups in total. The van der Waals surface area contributed by atoms with Crippen molar-refractivity contribution in [2.24, 2.45) is 0 Å². The van der Waals surface area contributed by atoms with Crippen LogP contribution in [0.25, 0.3) is 0 Å². The summed E-state index contributed by atoms with van der Waals surface area (Å²) in [7, 11) is -0.468. The summed E-state index contributed by atoms with van der Waals surface area (Å²) in [5.74, 6) is 0. The van der Waals surface area contributed by atoms with Crippen molar-refractivity contribution in [2.75, 3.05) is 44.9 Å². The minimum atomic E-state index is -0.468. The molecule has 1 aliphatic heterocycles. The highest BCUT2D eigenvalue weighted by Gasteiger charge is 2.23. The Labute approximate surface area is 84.7 Å². The molecule has 2 nitrogen and oxygen atoms in total. The van der Waals surface area contributed by atoms with E-state index in [-0.39, 0.29) is 0 Å². The predicted molar refractivity (Wildman–Crippen MR) is 63.6 cm³/mol. The second-order valence-electron chi connectivity index (χ2n) is 4.83. The lowest BCUT2D eigenvalue weighted by atomic mass is 10.3. The Hall–Kier alpha value is 0.270. The van der Waals surface area contributed by atoms with Gasteiger partial charge in [0, 0.05) is 32.2 Å². The summed E-state index contributed by atoms with van der Waals surface area (Å²) < 4.78 is 2.66. The topological polar surface area (TPSA) is 6.48 Å². The largest absolute Gasteiger partial charge is 0.298 e. The van der Waals surface area contributed by atoms with Gasteiger partial charge >= 0.3 is 0 Å². The van der Waals surface area contributed by atoms with Crippen molar-refractivity contribution < 1.29 is 0 Å². The van der Waals surface area contributed by atoms with Crippen LogP contribution in [0.4, 0.5) is 0 Å². The highest BCUT2D eigenvalue weighted by atomic mass is 32.3. The summed E-state index contributed by atoms with van der Waals surface area (Å²) in [6.45, 7) is 9.61. The highest BCUT2D eigenvalue weighted by Crippen LogP contribution is 2.40. The van der Waals surface area contributed by atoms with E-state index >= 15 is 0 Å². The average molecular weight is 204 g/mol. The second-order valence-corrected chi connectivity index (χ2v) is 8.89. The Bertz CT molecular complexity index is 155. The molecule has 0 aromatic heterocycles. The van der Waals surface area contributed by atoms with Crippen molar-refractivity contribution in [3.05, 3.63) is 0 Å². The van der Waals surface area contributed by atoms with Crippen LogP contribution in [-0.2, 0) is 0 Å². The fourth-order valence-electron chi connectivity index (χ4n) is 1.77. The molecular formula is C10H24N2S. The third-order valence-electron chi connectivity index (χ3n) is 2.78. The van der Waals surface area contributed by atoms with Crippen LogP contribution in [-0.4, -0.2) is 60.2 Å². The van der Waals surface area contributed by atoms with Crippen LogP contribution in [0.3, 0.4) is 0 Å². The van der Waals surface area contributed by atoms with Crippen molar-refractivity contribution in [1.29, 1.82) is 0 Å². The zero-order valence-corrected chi connectivity index (χ0v) is 10.5. The number of hydrogen-bond acceptors (Lipinski definition) is 2. The molecule has 0 amide bonds. The first-order valence-corrected chi connectivity index (χ1v) is 7.90. The molecule has 1 heterocycles. The molecule has 1 saturated heterocycles. The van der Waals surface area contributed by atoms with E-state index in [1.165, 1.54) is 26.2 Å². The molecule has 0 unspecified atom stereocenters. The third-order valence-corrected chi connectivity index (χ3v) is 4.69. The van der Waals surface area contributed by atoms with Crippen LogP contribution < -0.4 is 0 Å². The minimum absolute atomic E-state index is 0.468. The fraction of sp³-hybridized carbons (Fsp3) is 1.00. The molecular weight excluding hydrogens is 180 g/mol. The minimum Gasteiger partial charge on any atom is -0.298 e. The summed E-state index contributed by atoms with van der Waals surface area (Å²) in [5.41, 5.74) is 0. The average Bonchev–Trinajstić information content (AvgIpc) is 2.03. The van der Waals surface area contributed by atoms with Crippen LogP contribution in [0.15, 0.2) is 0 Å². The first-order chi connectivity index (χ1) is 5.91. The van der Waals surface area contributed by atoms with Crippen molar-refractivity contribution >= 4 is 10.2 Å². The monoisotopic (exact) mass is 204 g/mol. The van der Waals surface area contributed by atoms with Gasteiger partial charge in [-0.3, -0.25) is 9.21 Å². The van der Waals surface area contributed by atoms with E-state index in [2.05, 4.69) is 41.8 Å². The lowest BCUT2D eigenvalue weighted by Gasteiger charge is -2.46. The molecule has 0 radical (unpaired) electrons. The van der Waals surface area contributed by atoms with Gasteiger partial charge in [-0.25, -0.2) is 0 Å². The van der Waals surface area contributed by atoms with Gasteiger partial charge in [0.25, 0.3) is 0 Å². The molecule has 1 rings (SSSR count). The van der Waals surface area contributed by atoms with Gasteiger partial charge in [0.1, 0.15) is 0 Å². The van der Waals surface area contributed by atoms with Gasteiger partial charge in [-0.2, -0.15) is 10.2 Å². The van der Waals surface area contributed by atoms with Crippen molar-refractivity contribution in [1.82, 2.24) is 9.21 Å². The van der Waals surface area contributed by atoms with E-state index in [1.54, 1.807) is 0 Å². The fourth-order valence-corrected chi connectivity index (χ4v) is 3.03. The lowest BCUT2D eigenvalue weighted by Crippen LogP contribution is -2.48. The van der Waals surface area contributed by atoms with E-state index in [1.807, 2.05) is 0 Å². The summed E-state index contributed by atoms with van der Waals surface area (Å²) in [5, 5.41) is 0. The number of rotatable bonds is 2. The van der Waals surface area contributed by atoms with Gasteiger partial charge in [-0.15, -0.1) is 0 Å². The van der Waals surface area contributed by atoms with Gasteiger partial charge < -0.3 is 0 Å². The van der Waals surface area contributed by atoms with Crippen LogP contribution in [0.1, 0.15) is 13.8 Å². The summed E-state index contributed by atoms with van der Waals surface area (Å²) >= 11 is 0. The van der Waals surface area contributed by atoms with Crippen molar-refractivity contribution in [2.45, 2.75) is 19.9 Å². The molecule has 0 aromatic rings. The van der Waals surface area contributed by atoms with Crippen molar-refractivity contribution in [3.8, 4) is 0 Å². The Balaban J connectivity index is 2.39. The Morgan fingerprint density at radius 2 is 1.38 bits per heavy atom. The summed E-state index contributed by atoms with van der Waals surface area (Å²) in [6, 6.07) is 0.720. The summed E-state index contributed by atoms with van der Waals surface area (Å²) in [4.78, 5) is 2.57. The van der Waals surface area contributed by atoms with Crippen LogP contribution in [0.2, 0.25) is 0 Å². The standard InChI is InChI=1S/C10H24N2S/c1-10(2)11-6-8-12(9-7-11)13(3,4)5/h10H,6-9H2,1-5H3. The molecule has 0 saturated carbocycles. The van der Waals surface area contributed by atoms with Gasteiger partial charge in [-0.1, -0.05) is 0 Å². The van der Waals surface area contributed by atoms with E-state index in [9.17, 15) is 0 Å². The first-order valence-electron chi connectivity index (χ1n) is 5.09. The van der Waals surface area contributed by atoms with Crippen LogP contribution in [0, 0.1) is 0 Å². The lowest BCUT2D eigenvalue weighted by molar-refractivity contribution is 0.158. The van der Waals surface area contributed by atoms with E-state index in [4.69, 9.17) is 0 Å². The normalized spacial score (nSPS) is 23.8.